The molecule has 0 spiro atoms. The van der Waals surface area contributed by atoms with Crippen molar-refractivity contribution in [3.05, 3.63) is 9.81 Å². The van der Waals surface area contributed by atoms with Crippen molar-refractivity contribution in [2.24, 2.45) is 0 Å². The summed E-state index contributed by atoms with van der Waals surface area (Å²) in [5, 5.41) is 0. The van der Waals surface area contributed by atoms with Crippen LogP contribution in [0.2, 0.25) is 0 Å². The summed E-state index contributed by atoms with van der Waals surface area (Å²) in [6.45, 7) is 2.88. The van der Waals surface area contributed by atoms with Crippen molar-refractivity contribution in [3.63, 3.8) is 0 Å². The fourth-order valence-electron chi connectivity index (χ4n) is 2.79. The normalized spacial score (nSPS) is 33.7. The Morgan fingerprint density at radius 2 is 2.06 bits per heavy atom. The highest BCUT2D eigenvalue weighted by molar-refractivity contribution is 8.22. The molecular weight excluding hydrogens is 254 g/mol. The van der Waals surface area contributed by atoms with Crippen LogP contribution < -0.4 is 0 Å². The molecule has 0 radical (unpaired) electrons. The maximum Gasteiger partial charge on any atom is 0.410 e. The fourth-order valence-corrected chi connectivity index (χ4v) is 5.57. The predicted octanol–water partition coefficient (Wildman–Crippen LogP) is 3.07. The van der Waals surface area contributed by atoms with Gasteiger partial charge in [-0.2, -0.15) is 0 Å². The molecule has 3 nitrogen and oxygen atoms in total. The molecule has 0 bridgehead atoms. The third-order valence-electron chi connectivity index (χ3n) is 3.52. The Morgan fingerprint density at radius 3 is 2.82 bits per heavy atom. The van der Waals surface area contributed by atoms with Crippen LogP contribution in [0.15, 0.2) is 9.81 Å². The minimum atomic E-state index is -0.119. The lowest BCUT2D eigenvalue weighted by molar-refractivity contribution is 0.138. The van der Waals surface area contributed by atoms with Crippen molar-refractivity contribution in [2.75, 3.05) is 18.1 Å². The average Bonchev–Trinajstić information content (AvgIpc) is 2.66. The molecule has 1 amide bonds. The molecule has 3 saturated heterocycles. The molecule has 3 aliphatic rings. The van der Waals surface area contributed by atoms with Crippen molar-refractivity contribution in [1.82, 2.24) is 4.90 Å². The van der Waals surface area contributed by atoms with E-state index >= 15 is 0 Å². The second-order valence-electron chi connectivity index (χ2n) is 4.69. The molecule has 94 valence electrons. The standard InChI is InChI=1S/C12H17NO2S2/c1-8-10-9(11-16-6-3-7-17-11)4-2-5-13(10)12(14)15-8/h8,10H,2-7H2,1H3/t8-,10+/m1/s1. The SMILES string of the molecule is C[C@H]1OC(=O)N2CCCC(=C3SCCCS3)[C@H]12. The van der Waals surface area contributed by atoms with Crippen LogP contribution in [0.4, 0.5) is 4.79 Å². The van der Waals surface area contributed by atoms with Gasteiger partial charge < -0.3 is 4.74 Å². The van der Waals surface area contributed by atoms with Gasteiger partial charge in [-0.05, 0) is 43.3 Å². The van der Waals surface area contributed by atoms with Gasteiger partial charge in [0, 0.05) is 10.8 Å². The number of rotatable bonds is 0. The van der Waals surface area contributed by atoms with E-state index in [1.165, 1.54) is 27.7 Å². The highest BCUT2D eigenvalue weighted by Gasteiger charge is 2.44. The van der Waals surface area contributed by atoms with Gasteiger partial charge in [0.15, 0.2) is 0 Å². The maximum atomic E-state index is 11.7. The van der Waals surface area contributed by atoms with Crippen molar-refractivity contribution >= 4 is 29.6 Å². The third-order valence-corrected chi connectivity index (χ3v) is 6.26. The number of nitrogens with zero attached hydrogens (tertiary/aromatic N) is 1. The Kier molecular flexibility index (Phi) is 3.30. The van der Waals surface area contributed by atoms with E-state index in [-0.39, 0.29) is 18.2 Å². The van der Waals surface area contributed by atoms with Gasteiger partial charge in [0.05, 0.1) is 6.04 Å². The first kappa shape index (κ1) is 11.8. The van der Waals surface area contributed by atoms with Crippen LogP contribution >= 0.6 is 23.5 Å². The number of thioether (sulfide) groups is 2. The summed E-state index contributed by atoms with van der Waals surface area (Å²) in [5.41, 5.74) is 1.46. The number of ether oxygens (including phenoxy) is 1. The van der Waals surface area contributed by atoms with E-state index in [9.17, 15) is 4.79 Å². The quantitative estimate of drug-likeness (QED) is 0.677. The molecular formula is C12H17NO2S2. The number of cyclic esters (lactones) is 1. The molecule has 3 rings (SSSR count). The molecule has 3 aliphatic heterocycles. The number of amides is 1. The van der Waals surface area contributed by atoms with Gasteiger partial charge in [-0.1, -0.05) is 0 Å². The molecule has 0 N–H and O–H groups in total. The fraction of sp³-hybridized carbons (Fsp3) is 0.750. The number of hydrogen-bond donors (Lipinski definition) is 0. The van der Waals surface area contributed by atoms with E-state index in [4.69, 9.17) is 4.74 Å². The summed E-state index contributed by atoms with van der Waals surface area (Å²) in [4.78, 5) is 13.6. The van der Waals surface area contributed by atoms with E-state index < -0.39 is 0 Å². The smallest absolute Gasteiger partial charge is 0.410 e. The van der Waals surface area contributed by atoms with Gasteiger partial charge in [-0.15, -0.1) is 23.5 Å². The molecule has 2 atom stereocenters. The molecule has 5 heteroatoms. The number of carbonyl (C=O) groups is 1. The molecule has 17 heavy (non-hydrogen) atoms. The summed E-state index contributed by atoms with van der Waals surface area (Å²) in [7, 11) is 0. The molecule has 0 aromatic heterocycles. The minimum Gasteiger partial charge on any atom is -0.444 e. The van der Waals surface area contributed by atoms with Crippen LogP contribution in [0.3, 0.4) is 0 Å². The predicted molar refractivity (Wildman–Crippen MR) is 72.2 cm³/mol. The van der Waals surface area contributed by atoms with Crippen LogP contribution in [0, 0.1) is 0 Å². The van der Waals surface area contributed by atoms with Gasteiger partial charge >= 0.3 is 6.09 Å². The average molecular weight is 271 g/mol. The Hall–Kier alpha value is -0.290. The highest BCUT2D eigenvalue weighted by atomic mass is 32.2. The van der Waals surface area contributed by atoms with Crippen LogP contribution in [-0.2, 0) is 4.74 Å². The maximum absolute atomic E-state index is 11.7. The van der Waals surface area contributed by atoms with E-state index in [2.05, 4.69) is 0 Å². The summed E-state index contributed by atoms with van der Waals surface area (Å²) in [6, 6.07) is 0.212. The van der Waals surface area contributed by atoms with Crippen molar-refractivity contribution < 1.29 is 9.53 Å². The molecule has 0 aliphatic carbocycles. The second-order valence-corrected chi connectivity index (χ2v) is 7.16. The van der Waals surface area contributed by atoms with Crippen molar-refractivity contribution in [1.29, 1.82) is 0 Å². The Morgan fingerprint density at radius 1 is 1.29 bits per heavy atom. The summed E-state index contributed by atoms with van der Waals surface area (Å²) < 4.78 is 6.83. The van der Waals surface area contributed by atoms with E-state index in [0.717, 1.165) is 19.4 Å². The zero-order valence-electron chi connectivity index (χ0n) is 9.98. The van der Waals surface area contributed by atoms with Gasteiger partial charge in [-0.3, -0.25) is 4.90 Å². The first-order valence-corrected chi connectivity index (χ1v) is 8.20. The van der Waals surface area contributed by atoms with E-state index in [1.54, 1.807) is 0 Å². The zero-order chi connectivity index (χ0) is 11.8. The van der Waals surface area contributed by atoms with Gasteiger partial charge in [0.1, 0.15) is 6.10 Å². The van der Waals surface area contributed by atoms with Gasteiger partial charge in [0.2, 0.25) is 0 Å². The zero-order valence-corrected chi connectivity index (χ0v) is 11.6. The Bertz CT molecular complexity index is 362. The highest BCUT2D eigenvalue weighted by Crippen LogP contribution is 2.43. The van der Waals surface area contributed by atoms with E-state index in [1.807, 2.05) is 35.3 Å². The monoisotopic (exact) mass is 271 g/mol. The van der Waals surface area contributed by atoms with Crippen molar-refractivity contribution in [3.8, 4) is 0 Å². The second kappa shape index (κ2) is 4.76. The molecule has 3 heterocycles. The third kappa shape index (κ3) is 2.08. The van der Waals surface area contributed by atoms with Gasteiger partial charge in [-0.25, -0.2) is 4.79 Å². The first-order valence-electron chi connectivity index (χ1n) is 6.23. The van der Waals surface area contributed by atoms with Crippen LogP contribution in [0.1, 0.15) is 26.2 Å². The lowest BCUT2D eigenvalue weighted by atomic mass is 9.95. The van der Waals surface area contributed by atoms with Crippen LogP contribution in [0.25, 0.3) is 0 Å². The summed E-state index contributed by atoms with van der Waals surface area (Å²) >= 11 is 3.94. The van der Waals surface area contributed by atoms with Crippen LogP contribution in [0.5, 0.6) is 0 Å². The number of hydrogen-bond acceptors (Lipinski definition) is 4. The molecule has 0 saturated carbocycles. The topological polar surface area (TPSA) is 29.5 Å². The summed E-state index contributed by atoms with van der Waals surface area (Å²) in [5.74, 6) is 2.45. The van der Waals surface area contributed by atoms with Gasteiger partial charge in [0.25, 0.3) is 0 Å². The first-order chi connectivity index (χ1) is 8.27. The molecule has 0 unspecified atom stereocenters. The number of piperidine rings is 1. The lowest BCUT2D eigenvalue weighted by Crippen LogP contribution is -2.41. The van der Waals surface area contributed by atoms with E-state index in [0.29, 0.717) is 0 Å². The molecule has 0 aromatic carbocycles. The Balaban J connectivity index is 1.91. The lowest BCUT2D eigenvalue weighted by Gasteiger charge is -2.33. The molecule has 0 aromatic rings. The Labute approximate surface area is 110 Å². The molecule has 3 fully saturated rings. The summed E-state index contributed by atoms with van der Waals surface area (Å²) in [6.07, 6.45) is 3.42. The number of fused-ring (bicyclic) bond motifs is 1. The van der Waals surface area contributed by atoms with Crippen LogP contribution in [-0.4, -0.2) is 41.2 Å². The van der Waals surface area contributed by atoms with Crippen molar-refractivity contribution in [2.45, 2.75) is 38.3 Å². The number of carbonyl (C=O) groups excluding carboxylic acids is 1. The minimum absolute atomic E-state index is 0.0217. The largest absolute Gasteiger partial charge is 0.444 e.